The van der Waals surface area contributed by atoms with Gasteiger partial charge in [0.15, 0.2) is 0 Å². The van der Waals surface area contributed by atoms with Gasteiger partial charge in [-0.1, -0.05) is 19.4 Å². The van der Waals surface area contributed by atoms with Crippen molar-refractivity contribution in [3.05, 3.63) is 29.6 Å². The van der Waals surface area contributed by atoms with Gasteiger partial charge >= 0.3 is 0 Å². The minimum atomic E-state index is -0.0870. The molecule has 116 valence electrons. The molecule has 2 aliphatic carbocycles. The standard InChI is InChI=1S/C18H27FN2/c1-3-20-11-14-5-7-18(17(19)10-14)21(2)12-16-9-13-4-6-15(16)8-13/h5,7,10,13,15-16,20H,3-4,6,8-9,11-12H2,1-2H3. The highest BCUT2D eigenvalue weighted by atomic mass is 19.1. The molecule has 2 bridgehead atoms. The van der Waals surface area contributed by atoms with Crippen LogP contribution >= 0.6 is 0 Å². The SMILES string of the molecule is CCNCc1ccc(N(C)CC2CC3CCC2C3)c(F)c1. The quantitative estimate of drug-likeness (QED) is 0.857. The smallest absolute Gasteiger partial charge is 0.146 e. The maximum Gasteiger partial charge on any atom is 0.146 e. The van der Waals surface area contributed by atoms with Crippen LogP contribution in [0.25, 0.3) is 0 Å². The topological polar surface area (TPSA) is 15.3 Å². The molecular formula is C18H27FN2. The Labute approximate surface area is 127 Å². The van der Waals surface area contributed by atoms with Crippen molar-refractivity contribution in [3.63, 3.8) is 0 Å². The van der Waals surface area contributed by atoms with Crippen molar-refractivity contribution in [1.82, 2.24) is 5.32 Å². The van der Waals surface area contributed by atoms with Crippen molar-refractivity contribution in [2.45, 2.75) is 39.2 Å². The second-order valence-electron chi connectivity index (χ2n) is 6.88. The van der Waals surface area contributed by atoms with Crippen molar-refractivity contribution < 1.29 is 4.39 Å². The Morgan fingerprint density at radius 1 is 1.29 bits per heavy atom. The maximum absolute atomic E-state index is 14.3. The molecule has 2 fully saturated rings. The molecular weight excluding hydrogens is 263 g/mol. The predicted octanol–water partition coefficient (Wildman–Crippen LogP) is 3.81. The first-order valence-electron chi connectivity index (χ1n) is 8.37. The fraction of sp³-hybridized carbons (Fsp3) is 0.667. The van der Waals surface area contributed by atoms with Crippen molar-refractivity contribution in [2.24, 2.45) is 17.8 Å². The van der Waals surface area contributed by atoms with Crippen LogP contribution in [0.1, 0.15) is 38.2 Å². The average Bonchev–Trinajstić information content (AvgIpc) is 3.07. The lowest BCUT2D eigenvalue weighted by Crippen LogP contribution is -2.29. The van der Waals surface area contributed by atoms with Crippen LogP contribution in [0.15, 0.2) is 18.2 Å². The Balaban J connectivity index is 1.62. The van der Waals surface area contributed by atoms with Gasteiger partial charge in [-0.15, -0.1) is 0 Å². The molecule has 3 rings (SSSR count). The molecule has 1 aromatic carbocycles. The molecule has 3 unspecified atom stereocenters. The Hall–Kier alpha value is -1.09. The number of benzene rings is 1. The first kappa shape index (κ1) is 14.8. The average molecular weight is 290 g/mol. The van der Waals surface area contributed by atoms with E-state index < -0.39 is 0 Å². The summed E-state index contributed by atoms with van der Waals surface area (Å²) in [6.45, 7) is 4.72. The monoisotopic (exact) mass is 290 g/mol. The van der Waals surface area contributed by atoms with Gasteiger partial charge in [-0.05, 0) is 61.3 Å². The van der Waals surface area contributed by atoms with Crippen LogP contribution in [-0.2, 0) is 6.54 Å². The van der Waals surface area contributed by atoms with Gasteiger partial charge in [0.1, 0.15) is 5.82 Å². The number of rotatable bonds is 6. The molecule has 0 spiro atoms. The fourth-order valence-electron chi connectivity index (χ4n) is 4.29. The van der Waals surface area contributed by atoms with Crippen LogP contribution < -0.4 is 10.2 Å². The van der Waals surface area contributed by atoms with Gasteiger partial charge in [-0.25, -0.2) is 4.39 Å². The molecule has 0 radical (unpaired) electrons. The molecule has 1 N–H and O–H groups in total. The molecule has 0 aliphatic heterocycles. The van der Waals surface area contributed by atoms with E-state index in [0.29, 0.717) is 0 Å². The zero-order chi connectivity index (χ0) is 14.8. The number of nitrogens with one attached hydrogen (secondary N) is 1. The van der Waals surface area contributed by atoms with Crippen LogP contribution in [0.4, 0.5) is 10.1 Å². The van der Waals surface area contributed by atoms with Gasteiger partial charge in [0.05, 0.1) is 5.69 Å². The molecule has 0 amide bonds. The number of hydrogen-bond acceptors (Lipinski definition) is 2. The van der Waals surface area contributed by atoms with Gasteiger partial charge in [-0.3, -0.25) is 0 Å². The molecule has 1 aromatic rings. The summed E-state index contributed by atoms with van der Waals surface area (Å²) in [5.74, 6) is 2.54. The largest absolute Gasteiger partial charge is 0.372 e. The van der Waals surface area contributed by atoms with Gasteiger partial charge in [0, 0.05) is 20.1 Å². The molecule has 2 aliphatic rings. The molecule has 0 heterocycles. The number of anilines is 1. The van der Waals surface area contributed by atoms with Crippen molar-refractivity contribution in [1.29, 1.82) is 0 Å². The Morgan fingerprint density at radius 2 is 2.14 bits per heavy atom. The molecule has 0 saturated heterocycles. The zero-order valence-corrected chi connectivity index (χ0v) is 13.2. The van der Waals surface area contributed by atoms with Gasteiger partial charge in [-0.2, -0.15) is 0 Å². The molecule has 21 heavy (non-hydrogen) atoms. The number of halogens is 1. The molecule has 2 nitrogen and oxygen atoms in total. The molecule has 3 atom stereocenters. The van der Waals surface area contributed by atoms with E-state index in [9.17, 15) is 4.39 Å². The molecule has 3 heteroatoms. The summed E-state index contributed by atoms with van der Waals surface area (Å²) in [7, 11) is 2.04. The van der Waals surface area contributed by atoms with E-state index in [1.54, 1.807) is 6.07 Å². The van der Waals surface area contributed by atoms with Gasteiger partial charge < -0.3 is 10.2 Å². The minimum absolute atomic E-state index is 0.0870. The van der Waals surface area contributed by atoms with E-state index in [1.165, 1.54) is 25.7 Å². The third-order valence-electron chi connectivity index (χ3n) is 5.40. The lowest BCUT2D eigenvalue weighted by Gasteiger charge is -2.29. The predicted molar refractivity (Wildman–Crippen MR) is 86.0 cm³/mol. The third kappa shape index (κ3) is 3.23. The lowest BCUT2D eigenvalue weighted by molar-refractivity contribution is 0.337. The second kappa shape index (κ2) is 6.35. The third-order valence-corrected chi connectivity index (χ3v) is 5.40. The first-order valence-corrected chi connectivity index (χ1v) is 8.37. The summed E-state index contributed by atoms with van der Waals surface area (Å²) < 4.78 is 14.3. The van der Waals surface area contributed by atoms with E-state index >= 15 is 0 Å². The molecule has 2 saturated carbocycles. The van der Waals surface area contributed by atoms with Crippen LogP contribution in [0, 0.1) is 23.6 Å². The summed E-state index contributed by atoms with van der Waals surface area (Å²) in [4.78, 5) is 2.12. The highest BCUT2D eigenvalue weighted by Crippen LogP contribution is 2.48. The van der Waals surface area contributed by atoms with Crippen molar-refractivity contribution in [2.75, 3.05) is 25.0 Å². The summed E-state index contributed by atoms with van der Waals surface area (Å²) in [6.07, 6.45) is 5.60. The van der Waals surface area contributed by atoms with E-state index in [-0.39, 0.29) is 5.82 Å². The summed E-state index contributed by atoms with van der Waals surface area (Å²) in [5, 5.41) is 3.24. The van der Waals surface area contributed by atoms with E-state index in [0.717, 1.165) is 48.6 Å². The van der Waals surface area contributed by atoms with Gasteiger partial charge in [0.25, 0.3) is 0 Å². The van der Waals surface area contributed by atoms with Crippen molar-refractivity contribution in [3.8, 4) is 0 Å². The summed E-state index contributed by atoms with van der Waals surface area (Å²) in [6, 6.07) is 5.66. The van der Waals surface area contributed by atoms with Crippen LogP contribution in [0.3, 0.4) is 0 Å². The number of hydrogen-bond donors (Lipinski definition) is 1. The Kier molecular flexibility index (Phi) is 4.48. The first-order chi connectivity index (χ1) is 10.2. The highest BCUT2D eigenvalue weighted by Gasteiger charge is 2.39. The van der Waals surface area contributed by atoms with Gasteiger partial charge in [0.2, 0.25) is 0 Å². The summed E-state index contributed by atoms with van der Waals surface area (Å²) >= 11 is 0. The highest BCUT2D eigenvalue weighted by molar-refractivity contribution is 5.48. The Morgan fingerprint density at radius 3 is 2.76 bits per heavy atom. The van der Waals surface area contributed by atoms with E-state index in [4.69, 9.17) is 0 Å². The van der Waals surface area contributed by atoms with E-state index in [2.05, 4.69) is 17.1 Å². The van der Waals surface area contributed by atoms with Crippen LogP contribution in [0.5, 0.6) is 0 Å². The zero-order valence-electron chi connectivity index (χ0n) is 13.2. The van der Waals surface area contributed by atoms with E-state index in [1.807, 2.05) is 19.2 Å². The van der Waals surface area contributed by atoms with Crippen LogP contribution in [0.2, 0.25) is 0 Å². The number of nitrogens with zero attached hydrogens (tertiary/aromatic N) is 1. The normalized spacial score (nSPS) is 27.3. The van der Waals surface area contributed by atoms with Crippen LogP contribution in [-0.4, -0.2) is 20.1 Å². The second-order valence-corrected chi connectivity index (χ2v) is 6.88. The van der Waals surface area contributed by atoms with Crippen molar-refractivity contribution >= 4 is 5.69 Å². The lowest BCUT2D eigenvalue weighted by atomic mass is 9.88. The molecule has 0 aromatic heterocycles. The summed E-state index contributed by atoms with van der Waals surface area (Å²) in [5.41, 5.74) is 1.77. The fourth-order valence-corrected chi connectivity index (χ4v) is 4.29. The Bertz CT molecular complexity index is 488. The maximum atomic E-state index is 14.3. The minimum Gasteiger partial charge on any atom is -0.372 e. The number of fused-ring (bicyclic) bond motifs is 2.